The van der Waals surface area contributed by atoms with E-state index in [1.807, 2.05) is 0 Å². The van der Waals surface area contributed by atoms with E-state index in [0.717, 1.165) is 0 Å². The fraction of sp³-hybridized carbons (Fsp3) is 0.333. The molecule has 1 aromatic rings. The number of nitro groups is 1. The molecular weight excluding hydrogens is 200 g/mol. The molecule has 0 heterocycles. The Morgan fingerprint density at radius 3 is 2.67 bits per heavy atom. The minimum Gasteiger partial charge on any atom is -0.490 e. The Morgan fingerprint density at radius 1 is 1.47 bits per heavy atom. The summed E-state index contributed by atoms with van der Waals surface area (Å²) in [5, 5.41) is 10.8. The van der Waals surface area contributed by atoms with Gasteiger partial charge in [0.1, 0.15) is 6.61 Å². The molecule has 0 aromatic heterocycles. The molecule has 82 valence electrons. The van der Waals surface area contributed by atoms with Crippen molar-refractivity contribution in [2.75, 3.05) is 20.3 Å². The van der Waals surface area contributed by atoms with Crippen molar-refractivity contribution in [2.24, 2.45) is 5.73 Å². The van der Waals surface area contributed by atoms with Gasteiger partial charge in [0.25, 0.3) is 0 Å². The van der Waals surface area contributed by atoms with Gasteiger partial charge in [0.05, 0.1) is 12.0 Å². The second-order valence-corrected chi connectivity index (χ2v) is 2.70. The van der Waals surface area contributed by atoms with Gasteiger partial charge < -0.3 is 15.2 Å². The van der Waals surface area contributed by atoms with Gasteiger partial charge in [-0.25, -0.2) is 0 Å². The lowest BCUT2D eigenvalue weighted by atomic mass is 10.2. The monoisotopic (exact) mass is 212 g/mol. The first-order valence-corrected chi connectivity index (χ1v) is 4.35. The van der Waals surface area contributed by atoms with Crippen LogP contribution in [0.1, 0.15) is 0 Å². The topological polar surface area (TPSA) is 87.6 Å². The Balaban J connectivity index is 3.07. The molecule has 0 amide bonds. The van der Waals surface area contributed by atoms with Gasteiger partial charge in [0, 0.05) is 6.54 Å². The number of rotatable bonds is 5. The van der Waals surface area contributed by atoms with Gasteiger partial charge >= 0.3 is 5.69 Å². The lowest BCUT2D eigenvalue weighted by Crippen LogP contribution is -2.11. The Bertz CT molecular complexity index is 354. The zero-order valence-corrected chi connectivity index (χ0v) is 8.30. The molecule has 0 saturated carbocycles. The molecule has 0 saturated heterocycles. The third kappa shape index (κ3) is 2.57. The number of benzene rings is 1. The van der Waals surface area contributed by atoms with Crippen LogP contribution in [0, 0.1) is 10.1 Å². The van der Waals surface area contributed by atoms with Gasteiger partial charge in [0.15, 0.2) is 0 Å². The van der Waals surface area contributed by atoms with Crippen LogP contribution in [0.5, 0.6) is 11.5 Å². The molecule has 0 unspecified atom stereocenters. The number of hydrogen-bond acceptors (Lipinski definition) is 5. The van der Waals surface area contributed by atoms with Crippen molar-refractivity contribution < 1.29 is 14.4 Å². The molecule has 2 N–H and O–H groups in total. The highest BCUT2D eigenvalue weighted by Crippen LogP contribution is 2.35. The largest absolute Gasteiger partial charge is 0.490 e. The number of nitro benzene ring substituents is 1. The summed E-state index contributed by atoms with van der Waals surface area (Å²) in [6.07, 6.45) is 0. The van der Waals surface area contributed by atoms with Crippen LogP contribution in [0.15, 0.2) is 18.2 Å². The van der Waals surface area contributed by atoms with Crippen LogP contribution in [0.3, 0.4) is 0 Å². The summed E-state index contributed by atoms with van der Waals surface area (Å²) in [5.41, 5.74) is 5.07. The summed E-state index contributed by atoms with van der Waals surface area (Å²) in [6, 6.07) is 4.64. The second-order valence-electron chi connectivity index (χ2n) is 2.70. The van der Waals surface area contributed by atoms with Crippen molar-refractivity contribution in [3.63, 3.8) is 0 Å². The van der Waals surface area contributed by atoms with Crippen LogP contribution in [0.4, 0.5) is 5.69 Å². The summed E-state index contributed by atoms with van der Waals surface area (Å²) in [5.74, 6) is 0.347. The maximum atomic E-state index is 10.8. The highest BCUT2D eigenvalue weighted by Gasteiger charge is 2.21. The smallest absolute Gasteiger partial charge is 0.352 e. The fourth-order valence-electron chi connectivity index (χ4n) is 1.13. The van der Waals surface area contributed by atoms with E-state index in [-0.39, 0.29) is 23.8 Å². The molecule has 0 radical (unpaired) electrons. The first kappa shape index (κ1) is 11.3. The summed E-state index contributed by atoms with van der Waals surface area (Å²) in [7, 11) is 1.37. The fourth-order valence-corrected chi connectivity index (χ4v) is 1.13. The van der Waals surface area contributed by atoms with Crippen LogP contribution in [-0.4, -0.2) is 25.2 Å². The van der Waals surface area contributed by atoms with E-state index in [4.69, 9.17) is 15.2 Å². The highest BCUT2D eigenvalue weighted by atomic mass is 16.6. The number of nitrogens with zero attached hydrogens (tertiary/aromatic N) is 1. The van der Waals surface area contributed by atoms with Gasteiger partial charge in [-0.05, 0) is 12.1 Å². The predicted molar refractivity (Wildman–Crippen MR) is 54.2 cm³/mol. The summed E-state index contributed by atoms with van der Waals surface area (Å²) < 4.78 is 10.0. The van der Waals surface area contributed by atoms with E-state index in [0.29, 0.717) is 6.54 Å². The number of hydrogen-bond donors (Lipinski definition) is 1. The first-order chi connectivity index (χ1) is 7.20. The molecule has 6 nitrogen and oxygen atoms in total. The van der Waals surface area contributed by atoms with Crippen molar-refractivity contribution in [1.29, 1.82) is 0 Å². The zero-order valence-electron chi connectivity index (χ0n) is 8.30. The number of para-hydroxylation sites is 1. The molecule has 0 atom stereocenters. The lowest BCUT2D eigenvalue weighted by Gasteiger charge is -2.07. The van der Waals surface area contributed by atoms with E-state index >= 15 is 0 Å². The molecule has 0 bridgehead atoms. The Kier molecular flexibility index (Phi) is 3.87. The zero-order chi connectivity index (χ0) is 11.3. The van der Waals surface area contributed by atoms with Gasteiger partial charge in [0.2, 0.25) is 11.5 Å². The van der Waals surface area contributed by atoms with Crippen molar-refractivity contribution in [2.45, 2.75) is 0 Å². The normalized spacial score (nSPS) is 9.73. The lowest BCUT2D eigenvalue weighted by molar-refractivity contribution is -0.386. The third-order valence-electron chi connectivity index (χ3n) is 1.74. The first-order valence-electron chi connectivity index (χ1n) is 4.35. The van der Waals surface area contributed by atoms with Gasteiger partial charge in [-0.2, -0.15) is 0 Å². The maximum Gasteiger partial charge on any atom is 0.352 e. The molecule has 0 aliphatic heterocycles. The quantitative estimate of drug-likeness (QED) is 0.579. The molecule has 15 heavy (non-hydrogen) atoms. The molecule has 1 aromatic carbocycles. The number of ether oxygens (including phenoxy) is 2. The molecule has 0 aliphatic rings. The molecule has 6 heteroatoms. The standard InChI is InChI=1S/C9H12N2O4/c1-14-7-3-2-4-8(15-6-5-10)9(7)11(12)13/h2-4H,5-6,10H2,1H3. The second kappa shape index (κ2) is 5.16. The van der Waals surface area contributed by atoms with Crippen LogP contribution in [-0.2, 0) is 0 Å². The van der Waals surface area contributed by atoms with E-state index in [1.165, 1.54) is 19.2 Å². The van der Waals surface area contributed by atoms with Gasteiger partial charge in [-0.15, -0.1) is 0 Å². The maximum absolute atomic E-state index is 10.8. The molecule has 0 aliphatic carbocycles. The van der Waals surface area contributed by atoms with E-state index in [1.54, 1.807) is 6.07 Å². The Hall–Kier alpha value is -1.82. The predicted octanol–water partition coefficient (Wildman–Crippen LogP) is 0.941. The van der Waals surface area contributed by atoms with Crippen molar-refractivity contribution in [3.8, 4) is 11.5 Å². The van der Waals surface area contributed by atoms with Crippen LogP contribution >= 0.6 is 0 Å². The van der Waals surface area contributed by atoms with E-state index < -0.39 is 4.92 Å². The number of methoxy groups -OCH3 is 1. The van der Waals surface area contributed by atoms with Crippen LogP contribution < -0.4 is 15.2 Å². The third-order valence-corrected chi connectivity index (χ3v) is 1.74. The van der Waals surface area contributed by atoms with Crippen molar-refractivity contribution in [1.82, 2.24) is 0 Å². The minimum atomic E-state index is -0.537. The highest BCUT2D eigenvalue weighted by molar-refractivity contribution is 5.57. The molecule has 0 fully saturated rings. The minimum absolute atomic E-state index is 0.171. The summed E-state index contributed by atoms with van der Waals surface area (Å²) in [6.45, 7) is 0.530. The molecule has 1 rings (SSSR count). The average Bonchev–Trinajstić information content (AvgIpc) is 2.25. The van der Waals surface area contributed by atoms with E-state index in [2.05, 4.69) is 0 Å². The van der Waals surface area contributed by atoms with Crippen molar-refractivity contribution >= 4 is 5.69 Å². The van der Waals surface area contributed by atoms with Crippen molar-refractivity contribution in [3.05, 3.63) is 28.3 Å². The van der Waals surface area contributed by atoms with E-state index in [9.17, 15) is 10.1 Å². The van der Waals surface area contributed by atoms with Gasteiger partial charge in [-0.1, -0.05) is 6.07 Å². The molecular formula is C9H12N2O4. The van der Waals surface area contributed by atoms with Gasteiger partial charge in [-0.3, -0.25) is 10.1 Å². The summed E-state index contributed by atoms with van der Waals surface area (Å²) in [4.78, 5) is 10.2. The number of nitrogens with two attached hydrogens (primary N) is 1. The Morgan fingerprint density at radius 2 is 2.13 bits per heavy atom. The average molecular weight is 212 g/mol. The molecule has 0 spiro atoms. The van der Waals surface area contributed by atoms with Crippen LogP contribution in [0.25, 0.3) is 0 Å². The summed E-state index contributed by atoms with van der Waals surface area (Å²) >= 11 is 0. The SMILES string of the molecule is COc1cccc(OCCN)c1[N+](=O)[O-]. The Labute approximate surface area is 86.7 Å². The van der Waals surface area contributed by atoms with Crippen LogP contribution in [0.2, 0.25) is 0 Å².